The summed E-state index contributed by atoms with van der Waals surface area (Å²) in [6.07, 6.45) is 13.0. The number of rotatable bonds is 9. The van der Waals surface area contributed by atoms with Crippen LogP contribution in [0, 0.1) is 10.1 Å². The predicted octanol–water partition coefficient (Wildman–Crippen LogP) is 7.74. The largest absolute Gasteiger partial charge is 0.513 e. The van der Waals surface area contributed by atoms with Crippen LogP contribution in [0.15, 0.2) is 54.6 Å². The van der Waals surface area contributed by atoms with Crippen LogP contribution in [0.4, 0.5) is 5.69 Å². The summed E-state index contributed by atoms with van der Waals surface area (Å²) in [5.41, 5.74) is -0.135. The van der Waals surface area contributed by atoms with Crippen LogP contribution in [0.5, 0.6) is 11.5 Å². The van der Waals surface area contributed by atoms with Crippen LogP contribution in [0.2, 0.25) is 0 Å². The Balaban J connectivity index is 0.000000563. The molecule has 2 atom stereocenters. The molecule has 2 aromatic rings. The number of esters is 1. The maximum atomic E-state index is 13.5. The van der Waals surface area contributed by atoms with Gasteiger partial charge in [-0.05, 0) is 69.7 Å². The summed E-state index contributed by atoms with van der Waals surface area (Å²) < 4.78 is 30.3. The molecule has 2 aliphatic carbocycles. The number of nitro benzene ring substituents is 1. The molecule has 2 N–H and O–H groups in total. The zero-order chi connectivity index (χ0) is 28.8. The van der Waals surface area contributed by atoms with Crippen LogP contribution in [-0.4, -0.2) is 34.2 Å². The van der Waals surface area contributed by atoms with Gasteiger partial charge in [0.2, 0.25) is 0 Å². The third kappa shape index (κ3) is 12.6. The number of para-hydroxylation sites is 1. The molecule has 1 unspecified atom stereocenters. The molecule has 0 radical (unpaired) electrons. The summed E-state index contributed by atoms with van der Waals surface area (Å²) in [4.78, 5) is 23.0. The van der Waals surface area contributed by atoms with Gasteiger partial charge in [-0.15, -0.1) is 0 Å². The SMILES string of the molecule is C.C[C@H](NP(=O)(Oc1ccccc1)Oc1ccc([N+](=O)[O-])cc1)C(=O)OC1CCCCCC1.OC1CCCCCC1. The topological polar surface area (TPSA) is 137 Å². The molecule has 0 bridgehead atoms. The van der Waals surface area contributed by atoms with Gasteiger partial charge in [-0.2, -0.15) is 5.09 Å². The number of hydrogen-bond acceptors (Lipinski definition) is 8. The molecule has 2 aromatic carbocycles. The van der Waals surface area contributed by atoms with E-state index in [1.54, 1.807) is 30.3 Å². The summed E-state index contributed by atoms with van der Waals surface area (Å²) >= 11 is 0. The van der Waals surface area contributed by atoms with Crippen LogP contribution in [0.3, 0.4) is 0 Å². The normalized spacial score (nSPS) is 18.5. The maximum Gasteiger partial charge on any atom is 0.513 e. The van der Waals surface area contributed by atoms with Crippen molar-refractivity contribution in [1.29, 1.82) is 0 Å². The van der Waals surface area contributed by atoms with Gasteiger partial charge < -0.3 is 18.9 Å². The van der Waals surface area contributed by atoms with Gasteiger partial charge in [0.25, 0.3) is 5.69 Å². The van der Waals surface area contributed by atoms with E-state index >= 15 is 0 Å². The highest BCUT2D eigenvalue weighted by molar-refractivity contribution is 7.52. The van der Waals surface area contributed by atoms with Crippen molar-refractivity contribution < 1.29 is 33.2 Å². The number of nitrogens with zero attached hydrogens (tertiary/aromatic N) is 1. The highest BCUT2D eigenvalue weighted by Crippen LogP contribution is 2.45. The summed E-state index contributed by atoms with van der Waals surface area (Å²) in [6.45, 7) is 1.53. The van der Waals surface area contributed by atoms with Gasteiger partial charge in [-0.1, -0.05) is 64.2 Å². The van der Waals surface area contributed by atoms with Gasteiger partial charge in [0, 0.05) is 12.1 Å². The molecular formula is C30H45N2O8P. The lowest BCUT2D eigenvalue weighted by Gasteiger charge is -2.24. The van der Waals surface area contributed by atoms with Crippen molar-refractivity contribution >= 4 is 19.4 Å². The number of nitrogens with one attached hydrogen (secondary N) is 1. The first-order valence-corrected chi connectivity index (χ1v) is 15.7. The van der Waals surface area contributed by atoms with E-state index < -0.39 is 24.7 Å². The van der Waals surface area contributed by atoms with Crippen molar-refractivity contribution in [3.8, 4) is 11.5 Å². The standard InChI is InChI=1S/C22H27N2O7P.C7H14O.CH4/c1-17(22(25)29-19-9-5-2-3-6-10-19)23-32(28,30-20-11-7-4-8-12-20)31-21-15-13-18(14-16-21)24(26)27;8-7-5-3-1-2-4-6-7;/h4,7-8,11-17,19H,2-3,5-6,9-10H2,1H3,(H,23,28);7-8H,1-6H2;1H4/t17-,32?;;/m0../s1. The molecule has 41 heavy (non-hydrogen) atoms. The molecule has 4 rings (SSSR count). The Morgan fingerprint density at radius 2 is 1.37 bits per heavy atom. The number of carbonyl (C=O) groups is 1. The lowest BCUT2D eigenvalue weighted by atomic mass is 10.1. The first kappa shape index (κ1) is 34.3. The number of aliphatic hydroxyl groups is 1. The van der Waals surface area contributed by atoms with Crippen molar-refractivity contribution in [2.24, 2.45) is 0 Å². The molecule has 0 heterocycles. The molecule has 2 aliphatic rings. The highest BCUT2D eigenvalue weighted by atomic mass is 31.2. The Hall–Kier alpha value is -2.94. The second kappa shape index (κ2) is 17.8. The molecule has 0 amide bonds. The van der Waals surface area contributed by atoms with E-state index in [0.29, 0.717) is 0 Å². The number of ether oxygens (including phenoxy) is 1. The van der Waals surface area contributed by atoms with E-state index in [1.165, 1.54) is 56.9 Å². The fourth-order valence-corrected chi connectivity index (χ4v) is 6.15. The van der Waals surface area contributed by atoms with Crippen LogP contribution in [0.25, 0.3) is 0 Å². The van der Waals surface area contributed by atoms with Crippen molar-refractivity contribution in [3.05, 3.63) is 64.7 Å². The first-order chi connectivity index (χ1) is 19.2. The Morgan fingerprint density at radius 3 is 1.88 bits per heavy atom. The number of aliphatic hydroxyl groups excluding tert-OH is 1. The second-order valence-electron chi connectivity index (χ2n) is 10.3. The van der Waals surface area contributed by atoms with Gasteiger partial charge in [0.1, 0.15) is 23.6 Å². The minimum absolute atomic E-state index is 0. The zero-order valence-electron chi connectivity index (χ0n) is 23.1. The molecule has 2 fully saturated rings. The molecule has 0 saturated heterocycles. The lowest BCUT2D eigenvalue weighted by molar-refractivity contribution is -0.384. The van der Waals surface area contributed by atoms with E-state index in [1.807, 2.05) is 0 Å². The van der Waals surface area contributed by atoms with Crippen LogP contribution in [0.1, 0.15) is 91.4 Å². The average Bonchev–Trinajstić information content (AvgIpc) is 3.34. The van der Waals surface area contributed by atoms with E-state index in [2.05, 4.69) is 5.09 Å². The molecule has 0 aliphatic heterocycles. The zero-order valence-corrected chi connectivity index (χ0v) is 24.0. The number of hydrogen-bond donors (Lipinski definition) is 2. The molecule has 0 aromatic heterocycles. The quantitative estimate of drug-likeness (QED) is 0.0984. The first-order valence-electron chi connectivity index (χ1n) is 14.2. The van der Waals surface area contributed by atoms with Crippen LogP contribution in [-0.2, 0) is 14.1 Å². The van der Waals surface area contributed by atoms with E-state index in [0.717, 1.165) is 51.4 Å². The molecule has 0 spiro atoms. The third-order valence-electron chi connectivity index (χ3n) is 6.86. The van der Waals surface area contributed by atoms with Gasteiger partial charge in [-0.3, -0.25) is 14.9 Å². The van der Waals surface area contributed by atoms with Crippen molar-refractivity contribution in [3.63, 3.8) is 0 Å². The molecule has 228 valence electrons. The van der Waals surface area contributed by atoms with E-state index in [9.17, 15) is 19.5 Å². The Bertz CT molecular complexity index is 1080. The number of nitro groups is 1. The monoisotopic (exact) mass is 592 g/mol. The van der Waals surface area contributed by atoms with Crippen LogP contribution >= 0.6 is 7.75 Å². The number of benzene rings is 2. The predicted molar refractivity (Wildman–Crippen MR) is 159 cm³/mol. The van der Waals surface area contributed by atoms with Crippen LogP contribution < -0.4 is 14.1 Å². The molecule has 2 saturated carbocycles. The second-order valence-corrected chi connectivity index (χ2v) is 11.9. The van der Waals surface area contributed by atoms with Gasteiger partial charge >= 0.3 is 13.7 Å². The molecule has 11 heteroatoms. The Kier molecular flexibility index (Phi) is 14.9. The minimum Gasteiger partial charge on any atom is -0.461 e. The van der Waals surface area contributed by atoms with Crippen molar-refractivity contribution in [1.82, 2.24) is 5.09 Å². The molecule has 10 nitrogen and oxygen atoms in total. The highest BCUT2D eigenvalue weighted by Gasteiger charge is 2.34. The van der Waals surface area contributed by atoms with Gasteiger partial charge in [-0.25, -0.2) is 4.57 Å². The summed E-state index contributed by atoms with van der Waals surface area (Å²) in [7, 11) is -4.09. The number of carbonyl (C=O) groups excluding carboxylic acids is 1. The average molecular weight is 593 g/mol. The Labute approximate surface area is 243 Å². The molecular weight excluding hydrogens is 547 g/mol. The lowest BCUT2D eigenvalue weighted by Crippen LogP contribution is -2.37. The van der Waals surface area contributed by atoms with Gasteiger partial charge in [0.05, 0.1) is 11.0 Å². The summed E-state index contributed by atoms with van der Waals surface area (Å²) in [5, 5.41) is 22.6. The minimum atomic E-state index is -4.09. The summed E-state index contributed by atoms with van der Waals surface area (Å²) in [5.74, 6) is -0.178. The van der Waals surface area contributed by atoms with Gasteiger partial charge in [0.15, 0.2) is 0 Å². The fourth-order valence-electron chi connectivity index (χ4n) is 4.63. The maximum absolute atomic E-state index is 13.5. The third-order valence-corrected chi connectivity index (χ3v) is 8.46. The van der Waals surface area contributed by atoms with E-state index in [-0.39, 0.29) is 36.8 Å². The van der Waals surface area contributed by atoms with Crippen molar-refractivity contribution in [2.75, 3.05) is 0 Å². The fraction of sp³-hybridized carbons (Fsp3) is 0.567. The summed E-state index contributed by atoms with van der Waals surface area (Å²) in [6, 6.07) is 12.5. The smallest absolute Gasteiger partial charge is 0.461 e. The van der Waals surface area contributed by atoms with Crippen molar-refractivity contribution in [2.45, 2.75) is 110 Å². The number of non-ortho nitro benzene ring substituents is 1. The Morgan fingerprint density at radius 1 is 0.878 bits per heavy atom. The van der Waals surface area contributed by atoms with E-state index in [4.69, 9.17) is 18.9 Å².